The molecule has 2 N–H and O–H groups in total. The molecule has 0 amide bonds. The number of nitrogens with zero attached hydrogens (tertiary/aromatic N) is 2. The van der Waals surface area contributed by atoms with E-state index in [1.807, 2.05) is 19.2 Å². The smallest absolute Gasteiger partial charge is 0.138 e. The fraction of sp³-hybridized carbons (Fsp3) is 0.538. The van der Waals surface area contributed by atoms with Crippen LogP contribution in [0.15, 0.2) is 18.3 Å². The van der Waals surface area contributed by atoms with Crippen LogP contribution in [-0.2, 0) is 0 Å². The average Bonchev–Trinajstić information content (AvgIpc) is 2.27. The molecule has 1 atom stereocenters. The predicted molar refractivity (Wildman–Crippen MR) is 77.4 cm³/mol. The van der Waals surface area contributed by atoms with Gasteiger partial charge in [-0.15, -0.1) is 0 Å². The molecule has 0 saturated carbocycles. The van der Waals surface area contributed by atoms with Gasteiger partial charge >= 0.3 is 0 Å². The van der Waals surface area contributed by atoms with E-state index in [1.54, 1.807) is 6.20 Å². The van der Waals surface area contributed by atoms with Gasteiger partial charge in [-0.05, 0) is 31.4 Å². The normalized spacial score (nSPS) is 12.5. The Labute approximate surface area is 109 Å². The lowest BCUT2D eigenvalue weighted by Gasteiger charge is -2.28. The minimum atomic E-state index is 0.400. The Kier molecular flexibility index (Phi) is 4.87. The van der Waals surface area contributed by atoms with Gasteiger partial charge in [0, 0.05) is 19.3 Å². The van der Waals surface area contributed by atoms with Crippen molar-refractivity contribution >= 4 is 23.0 Å². The van der Waals surface area contributed by atoms with Gasteiger partial charge in [-0.3, -0.25) is 0 Å². The van der Waals surface area contributed by atoms with Crippen molar-refractivity contribution in [3.8, 4) is 0 Å². The zero-order valence-corrected chi connectivity index (χ0v) is 11.8. The molecule has 1 unspecified atom stereocenters. The Balaban J connectivity index is 2.95. The van der Waals surface area contributed by atoms with Crippen molar-refractivity contribution in [1.29, 1.82) is 0 Å². The van der Waals surface area contributed by atoms with Crippen LogP contribution in [0.5, 0.6) is 0 Å². The lowest BCUT2D eigenvalue weighted by atomic mass is 10.0. The molecular formula is C13H21N3S. The second kappa shape index (κ2) is 5.96. The number of thiocarbonyl (C=S) groups is 1. The molecule has 4 heteroatoms. The molecule has 0 aliphatic rings. The predicted octanol–water partition coefficient (Wildman–Crippen LogP) is 2.59. The van der Waals surface area contributed by atoms with Crippen LogP contribution >= 0.6 is 12.2 Å². The molecule has 0 spiro atoms. The number of anilines is 1. The van der Waals surface area contributed by atoms with Crippen molar-refractivity contribution in [3.63, 3.8) is 0 Å². The van der Waals surface area contributed by atoms with E-state index in [4.69, 9.17) is 18.0 Å². The van der Waals surface area contributed by atoms with Crippen LogP contribution in [0.3, 0.4) is 0 Å². The van der Waals surface area contributed by atoms with Crippen LogP contribution in [0.4, 0.5) is 5.82 Å². The van der Waals surface area contributed by atoms with Crippen LogP contribution in [0, 0.1) is 5.92 Å². The fourth-order valence-electron chi connectivity index (χ4n) is 1.92. The third-order valence-electron chi connectivity index (χ3n) is 2.86. The van der Waals surface area contributed by atoms with Gasteiger partial charge in [-0.2, -0.15) is 0 Å². The Morgan fingerprint density at radius 2 is 2.12 bits per heavy atom. The summed E-state index contributed by atoms with van der Waals surface area (Å²) in [4.78, 5) is 6.93. The molecular weight excluding hydrogens is 230 g/mol. The lowest BCUT2D eigenvalue weighted by molar-refractivity contribution is 0.502. The van der Waals surface area contributed by atoms with Crippen molar-refractivity contribution in [2.75, 3.05) is 11.9 Å². The third-order valence-corrected chi connectivity index (χ3v) is 3.08. The molecule has 0 aromatic carbocycles. The average molecular weight is 251 g/mol. The van der Waals surface area contributed by atoms with Crippen molar-refractivity contribution in [2.24, 2.45) is 11.7 Å². The standard InChI is InChI=1S/C13H21N3S/c1-9(2)8-10(3)16(4)13-11(12(14)17)6-5-7-15-13/h5-7,9-10H,8H2,1-4H3,(H2,14,17). The molecule has 17 heavy (non-hydrogen) atoms. The first kappa shape index (κ1) is 13.9. The van der Waals surface area contributed by atoms with Gasteiger partial charge in [0.2, 0.25) is 0 Å². The van der Waals surface area contributed by atoms with E-state index in [-0.39, 0.29) is 0 Å². The molecule has 1 aromatic heterocycles. The van der Waals surface area contributed by atoms with E-state index >= 15 is 0 Å². The summed E-state index contributed by atoms with van der Waals surface area (Å²) in [6.07, 6.45) is 2.89. The van der Waals surface area contributed by atoms with Crippen molar-refractivity contribution in [2.45, 2.75) is 33.2 Å². The summed E-state index contributed by atoms with van der Waals surface area (Å²) in [5, 5.41) is 0. The number of aromatic nitrogens is 1. The second-order valence-electron chi connectivity index (χ2n) is 4.83. The van der Waals surface area contributed by atoms with Crippen LogP contribution in [0.1, 0.15) is 32.8 Å². The van der Waals surface area contributed by atoms with E-state index in [1.165, 1.54) is 0 Å². The SMILES string of the molecule is CC(C)CC(C)N(C)c1ncccc1C(N)=S. The first-order chi connectivity index (χ1) is 7.93. The molecule has 1 rings (SSSR count). The Morgan fingerprint density at radius 3 is 2.65 bits per heavy atom. The minimum absolute atomic E-state index is 0.400. The summed E-state index contributed by atoms with van der Waals surface area (Å²) < 4.78 is 0. The summed E-state index contributed by atoms with van der Waals surface area (Å²) >= 11 is 5.05. The van der Waals surface area contributed by atoms with Gasteiger partial charge in [-0.1, -0.05) is 26.1 Å². The zero-order valence-electron chi connectivity index (χ0n) is 11.0. The quantitative estimate of drug-likeness (QED) is 0.817. The number of nitrogens with two attached hydrogens (primary N) is 1. The highest BCUT2D eigenvalue weighted by atomic mass is 32.1. The van der Waals surface area contributed by atoms with Crippen molar-refractivity contribution in [1.82, 2.24) is 4.98 Å². The lowest BCUT2D eigenvalue weighted by Crippen LogP contribution is -2.32. The molecule has 0 aliphatic carbocycles. The molecule has 0 bridgehead atoms. The summed E-state index contributed by atoms with van der Waals surface area (Å²) in [7, 11) is 2.04. The fourth-order valence-corrected chi connectivity index (χ4v) is 2.08. The molecule has 3 nitrogen and oxygen atoms in total. The highest BCUT2D eigenvalue weighted by molar-refractivity contribution is 7.80. The molecule has 1 aromatic rings. The van der Waals surface area contributed by atoms with Crippen molar-refractivity contribution in [3.05, 3.63) is 23.9 Å². The topological polar surface area (TPSA) is 42.2 Å². The van der Waals surface area contributed by atoms with E-state index in [2.05, 4.69) is 30.7 Å². The van der Waals surface area contributed by atoms with Gasteiger partial charge in [0.1, 0.15) is 10.8 Å². The van der Waals surface area contributed by atoms with Gasteiger partial charge < -0.3 is 10.6 Å². The van der Waals surface area contributed by atoms with E-state index in [9.17, 15) is 0 Å². The number of hydrogen-bond acceptors (Lipinski definition) is 3. The summed E-state index contributed by atoms with van der Waals surface area (Å²) in [5.74, 6) is 1.53. The first-order valence-corrected chi connectivity index (χ1v) is 6.32. The maximum Gasteiger partial charge on any atom is 0.138 e. The Morgan fingerprint density at radius 1 is 1.47 bits per heavy atom. The maximum absolute atomic E-state index is 5.72. The van der Waals surface area contributed by atoms with E-state index in [0.717, 1.165) is 17.8 Å². The summed E-state index contributed by atoms with van der Waals surface area (Å²) in [6.45, 7) is 6.63. The van der Waals surface area contributed by atoms with Crippen molar-refractivity contribution < 1.29 is 0 Å². The van der Waals surface area contributed by atoms with Crippen LogP contribution in [0.25, 0.3) is 0 Å². The monoisotopic (exact) mass is 251 g/mol. The van der Waals surface area contributed by atoms with Gasteiger partial charge in [-0.25, -0.2) is 4.98 Å². The van der Waals surface area contributed by atoms with Gasteiger partial charge in [0.25, 0.3) is 0 Å². The third kappa shape index (κ3) is 3.66. The number of rotatable bonds is 5. The maximum atomic E-state index is 5.72. The van der Waals surface area contributed by atoms with E-state index < -0.39 is 0 Å². The first-order valence-electron chi connectivity index (χ1n) is 5.91. The number of hydrogen-bond donors (Lipinski definition) is 1. The zero-order chi connectivity index (χ0) is 13.0. The molecule has 94 valence electrons. The van der Waals surface area contributed by atoms with Crippen LogP contribution in [0.2, 0.25) is 0 Å². The van der Waals surface area contributed by atoms with Crippen LogP contribution < -0.4 is 10.6 Å². The Hall–Kier alpha value is -1.16. The molecule has 1 heterocycles. The summed E-state index contributed by atoms with van der Waals surface area (Å²) in [6, 6.07) is 4.19. The van der Waals surface area contributed by atoms with Crippen LogP contribution in [-0.4, -0.2) is 23.1 Å². The van der Waals surface area contributed by atoms with Gasteiger partial charge in [0.05, 0.1) is 5.56 Å². The number of pyridine rings is 1. The highest BCUT2D eigenvalue weighted by Gasteiger charge is 2.16. The molecule has 0 saturated heterocycles. The highest BCUT2D eigenvalue weighted by Crippen LogP contribution is 2.20. The second-order valence-corrected chi connectivity index (χ2v) is 5.27. The molecule has 0 radical (unpaired) electrons. The Bertz CT molecular complexity index is 390. The molecule has 0 aliphatic heterocycles. The molecule has 0 fully saturated rings. The van der Waals surface area contributed by atoms with Gasteiger partial charge in [0.15, 0.2) is 0 Å². The van der Waals surface area contributed by atoms with E-state index in [0.29, 0.717) is 16.9 Å². The summed E-state index contributed by atoms with van der Waals surface area (Å²) in [5.41, 5.74) is 6.57. The minimum Gasteiger partial charge on any atom is -0.389 e. The largest absolute Gasteiger partial charge is 0.389 e.